The SMILES string of the molecule is COc1ccc(C(=O)Oc2ccc(Br)cc2C=NNC(=O)c2cnccn2)cc1. The molecule has 29 heavy (non-hydrogen) atoms. The number of hydrazone groups is 1. The van der Waals surface area contributed by atoms with Crippen molar-refractivity contribution in [3.63, 3.8) is 0 Å². The number of nitrogens with one attached hydrogen (secondary N) is 1. The average Bonchev–Trinajstić information content (AvgIpc) is 2.76. The van der Waals surface area contributed by atoms with Gasteiger partial charge in [0.2, 0.25) is 0 Å². The highest BCUT2D eigenvalue weighted by Crippen LogP contribution is 2.23. The first-order valence-electron chi connectivity index (χ1n) is 8.32. The van der Waals surface area contributed by atoms with Crippen LogP contribution in [0.2, 0.25) is 0 Å². The smallest absolute Gasteiger partial charge is 0.343 e. The normalized spacial score (nSPS) is 10.6. The standard InChI is InChI=1S/C20H15BrN4O4/c1-28-16-5-2-13(3-6-16)20(27)29-18-7-4-15(21)10-14(18)11-24-25-19(26)17-12-22-8-9-23-17/h2-12H,1H3,(H,25,26). The van der Waals surface area contributed by atoms with Crippen LogP contribution in [0.15, 0.2) is 70.6 Å². The first-order valence-corrected chi connectivity index (χ1v) is 9.11. The highest BCUT2D eigenvalue weighted by molar-refractivity contribution is 9.10. The lowest BCUT2D eigenvalue weighted by Crippen LogP contribution is -2.19. The fourth-order valence-corrected chi connectivity index (χ4v) is 2.61. The van der Waals surface area contributed by atoms with Gasteiger partial charge in [0.15, 0.2) is 0 Å². The molecule has 2 aromatic carbocycles. The molecule has 1 aromatic heterocycles. The zero-order chi connectivity index (χ0) is 20.6. The predicted molar refractivity (Wildman–Crippen MR) is 109 cm³/mol. The van der Waals surface area contributed by atoms with E-state index >= 15 is 0 Å². The number of methoxy groups -OCH3 is 1. The third-order valence-electron chi connectivity index (χ3n) is 3.67. The Bertz CT molecular complexity index is 1040. The zero-order valence-electron chi connectivity index (χ0n) is 15.2. The molecule has 0 saturated heterocycles. The van der Waals surface area contributed by atoms with Gasteiger partial charge in [-0.25, -0.2) is 15.2 Å². The molecule has 1 N–H and O–H groups in total. The van der Waals surface area contributed by atoms with Crippen molar-refractivity contribution >= 4 is 34.0 Å². The number of carbonyl (C=O) groups excluding carboxylic acids is 2. The third kappa shape index (κ3) is 5.45. The van der Waals surface area contributed by atoms with Crippen molar-refractivity contribution in [1.82, 2.24) is 15.4 Å². The Labute approximate surface area is 174 Å². The summed E-state index contributed by atoms with van der Waals surface area (Å²) >= 11 is 3.36. The maximum absolute atomic E-state index is 12.4. The van der Waals surface area contributed by atoms with Gasteiger partial charge in [-0.1, -0.05) is 15.9 Å². The maximum Gasteiger partial charge on any atom is 0.343 e. The van der Waals surface area contributed by atoms with E-state index in [2.05, 4.69) is 36.4 Å². The number of hydrogen-bond donors (Lipinski definition) is 1. The van der Waals surface area contributed by atoms with Crippen LogP contribution in [0.3, 0.4) is 0 Å². The van der Waals surface area contributed by atoms with Crippen LogP contribution in [0.4, 0.5) is 0 Å². The first-order chi connectivity index (χ1) is 14.1. The molecule has 1 heterocycles. The number of esters is 1. The summed E-state index contributed by atoms with van der Waals surface area (Å²) in [7, 11) is 1.55. The Morgan fingerprint density at radius 2 is 1.93 bits per heavy atom. The van der Waals surface area contributed by atoms with Crippen molar-refractivity contribution in [3.8, 4) is 11.5 Å². The number of amides is 1. The summed E-state index contributed by atoms with van der Waals surface area (Å²) in [6.45, 7) is 0. The quantitative estimate of drug-likeness (QED) is 0.265. The second kappa shape index (κ2) is 9.56. The summed E-state index contributed by atoms with van der Waals surface area (Å²) in [5.41, 5.74) is 3.33. The van der Waals surface area contributed by atoms with E-state index in [1.54, 1.807) is 49.6 Å². The molecule has 3 aromatic rings. The third-order valence-corrected chi connectivity index (χ3v) is 4.16. The molecule has 0 bridgehead atoms. The Hall–Kier alpha value is -3.59. The number of ether oxygens (including phenoxy) is 2. The van der Waals surface area contributed by atoms with Gasteiger partial charge in [0.25, 0.3) is 5.91 Å². The van der Waals surface area contributed by atoms with Crippen LogP contribution in [0.5, 0.6) is 11.5 Å². The minimum Gasteiger partial charge on any atom is -0.497 e. The van der Waals surface area contributed by atoms with E-state index in [1.165, 1.54) is 24.8 Å². The van der Waals surface area contributed by atoms with Gasteiger partial charge in [-0.3, -0.25) is 9.78 Å². The molecule has 0 atom stereocenters. The lowest BCUT2D eigenvalue weighted by molar-refractivity contribution is 0.0734. The van der Waals surface area contributed by atoms with Crippen LogP contribution in [0.1, 0.15) is 26.4 Å². The fourth-order valence-electron chi connectivity index (χ4n) is 2.23. The summed E-state index contributed by atoms with van der Waals surface area (Å²) in [5, 5.41) is 3.90. The minimum absolute atomic E-state index is 0.130. The molecular weight excluding hydrogens is 440 g/mol. The van der Waals surface area contributed by atoms with E-state index in [1.807, 2.05) is 0 Å². The Morgan fingerprint density at radius 1 is 1.14 bits per heavy atom. The van der Waals surface area contributed by atoms with Crippen molar-refractivity contribution in [2.45, 2.75) is 0 Å². The number of benzene rings is 2. The summed E-state index contributed by atoms with van der Waals surface area (Å²) in [6, 6.07) is 11.6. The summed E-state index contributed by atoms with van der Waals surface area (Å²) in [5.74, 6) is -0.127. The predicted octanol–water partition coefficient (Wildman–Crippen LogP) is 3.23. The molecule has 0 saturated carbocycles. The van der Waals surface area contributed by atoms with E-state index in [-0.39, 0.29) is 11.4 Å². The van der Waals surface area contributed by atoms with Crippen molar-refractivity contribution in [1.29, 1.82) is 0 Å². The maximum atomic E-state index is 12.4. The van der Waals surface area contributed by atoms with E-state index < -0.39 is 11.9 Å². The van der Waals surface area contributed by atoms with E-state index in [4.69, 9.17) is 9.47 Å². The number of halogens is 1. The second-order valence-corrected chi connectivity index (χ2v) is 6.51. The fraction of sp³-hybridized carbons (Fsp3) is 0.0500. The molecule has 0 radical (unpaired) electrons. The van der Waals surface area contributed by atoms with Gasteiger partial charge in [-0.2, -0.15) is 5.10 Å². The van der Waals surface area contributed by atoms with Crippen molar-refractivity contribution < 1.29 is 19.1 Å². The monoisotopic (exact) mass is 454 g/mol. The molecule has 0 unspecified atom stereocenters. The topological polar surface area (TPSA) is 103 Å². The number of hydrogen-bond acceptors (Lipinski definition) is 7. The van der Waals surface area contributed by atoms with Gasteiger partial charge in [0.1, 0.15) is 17.2 Å². The second-order valence-electron chi connectivity index (χ2n) is 5.59. The molecule has 0 aliphatic rings. The lowest BCUT2D eigenvalue weighted by atomic mass is 10.2. The molecule has 146 valence electrons. The van der Waals surface area contributed by atoms with Crippen LogP contribution >= 0.6 is 15.9 Å². The van der Waals surface area contributed by atoms with Crippen LogP contribution in [0.25, 0.3) is 0 Å². The number of carbonyl (C=O) groups is 2. The van der Waals surface area contributed by atoms with Gasteiger partial charge in [-0.05, 0) is 42.5 Å². The molecular formula is C20H15BrN4O4. The summed E-state index contributed by atoms with van der Waals surface area (Å²) in [6.07, 6.45) is 5.57. The molecule has 1 amide bonds. The van der Waals surface area contributed by atoms with Crippen molar-refractivity contribution in [2.75, 3.05) is 7.11 Å². The van der Waals surface area contributed by atoms with Gasteiger partial charge in [0, 0.05) is 22.4 Å². The summed E-state index contributed by atoms with van der Waals surface area (Å²) < 4.78 is 11.3. The Balaban J connectivity index is 1.73. The van der Waals surface area contributed by atoms with Crippen molar-refractivity contribution in [2.24, 2.45) is 5.10 Å². The van der Waals surface area contributed by atoms with Gasteiger partial charge in [-0.15, -0.1) is 0 Å². The average molecular weight is 455 g/mol. The molecule has 0 aliphatic carbocycles. The first kappa shape index (κ1) is 20.2. The van der Waals surface area contributed by atoms with Crippen LogP contribution in [-0.4, -0.2) is 35.2 Å². The van der Waals surface area contributed by atoms with E-state index in [0.29, 0.717) is 16.9 Å². The molecule has 8 nitrogen and oxygen atoms in total. The molecule has 0 spiro atoms. The molecule has 9 heteroatoms. The van der Waals surface area contributed by atoms with Crippen molar-refractivity contribution in [3.05, 3.63) is 82.3 Å². The molecule has 0 aliphatic heterocycles. The largest absolute Gasteiger partial charge is 0.497 e. The Morgan fingerprint density at radius 3 is 2.62 bits per heavy atom. The van der Waals surface area contributed by atoms with Gasteiger partial charge in [0.05, 0.1) is 25.1 Å². The minimum atomic E-state index is -0.534. The van der Waals surface area contributed by atoms with Crippen LogP contribution in [-0.2, 0) is 0 Å². The molecule has 0 fully saturated rings. The van der Waals surface area contributed by atoms with Gasteiger partial charge < -0.3 is 9.47 Å². The summed E-state index contributed by atoms with van der Waals surface area (Å²) in [4.78, 5) is 32.1. The van der Waals surface area contributed by atoms with Gasteiger partial charge >= 0.3 is 5.97 Å². The number of rotatable bonds is 6. The van der Waals surface area contributed by atoms with Crippen LogP contribution < -0.4 is 14.9 Å². The molecule has 3 rings (SSSR count). The zero-order valence-corrected chi connectivity index (χ0v) is 16.8. The highest BCUT2D eigenvalue weighted by atomic mass is 79.9. The number of aromatic nitrogens is 2. The van der Waals surface area contributed by atoms with E-state index in [9.17, 15) is 9.59 Å². The lowest BCUT2D eigenvalue weighted by Gasteiger charge is -2.08. The van der Waals surface area contributed by atoms with E-state index in [0.717, 1.165) is 4.47 Å². The highest BCUT2D eigenvalue weighted by Gasteiger charge is 2.12. The Kier molecular flexibility index (Phi) is 6.64. The van der Waals surface area contributed by atoms with Crippen LogP contribution in [0, 0.1) is 0 Å². The number of nitrogens with zero attached hydrogens (tertiary/aromatic N) is 3.